The van der Waals surface area contributed by atoms with Crippen molar-refractivity contribution in [3.05, 3.63) is 24.3 Å². The second-order valence-electron chi connectivity index (χ2n) is 2.01. The monoisotopic (exact) mass is 263 g/mol. The fourth-order valence-electron chi connectivity index (χ4n) is 0.863. The molecule has 0 aliphatic rings. The summed E-state index contributed by atoms with van der Waals surface area (Å²) >= 11 is 2.26. The molecular formula is C8H10INO. The minimum Gasteiger partial charge on any atom is -0.495 e. The van der Waals surface area contributed by atoms with Crippen molar-refractivity contribution in [2.45, 2.75) is 0 Å². The molecule has 0 fully saturated rings. The Kier molecular flexibility index (Phi) is 3.48. The van der Waals surface area contributed by atoms with Crippen LogP contribution in [-0.4, -0.2) is 11.7 Å². The van der Waals surface area contributed by atoms with Crippen LogP contribution < -0.4 is 10.1 Å². The number of alkyl halides is 1. The number of hydrogen-bond donors (Lipinski definition) is 1. The van der Waals surface area contributed by atoms with Gasteiger partial charge in [0, 0.05) is 0 Å². The van der Waals surface area contributed by atoms with Gasteiger partial charge in [0.1, 0.15) is 5.75 Å². The number of benzene rings is 1. The molecule has 0 saturated carbocycles. The van der Waals surface area contributed by atoms with Crippen molar-refractivity contribution in [1.29, 1.82) is 0 Å². The number of halogens is 1. The van der Waals surface area contributed by atoms with Crippen LogP contribution in [0.25, 0.3) is 0 Å². The molecule has 0 aliphatic carbocycles. The average molecular weight is 263 g/mol. The van der Waals surface area contributed by atoms with E-state index in [1.165, 1.54) is 0 Å². The Morgan fingerprint density at radius 1 is 1.45 bits per heavy atom. The second-order valence-corrected chi connectivity index (χ2v) is 2.77. The first-order valence-electron chi connectivity index (χ1n) is 3.31. The van der Waals surface area contributed by atoms with Crippen LogP contribution in [0.15, 0.2) is 24.3 Å². The van der Waals surface area contributed by atoms with Crippen LogP contribution in [-0.2, 0) is 0 Å². The lowest BCUT2D eigenvalue weighted by Crippen LogP contribution is -1.96. The molecule has 0 heterocycles. The van der Waals surface area contributed by atoms with E-state index in [1.54, 1.807) is 7.11 Å². The number of anilines is 1. The molecule has 0 spiro atoms. The van der Waals surface area contributed by atoms with Gasteiger partial charge in [0.25, 0.3) is 0 Å². The zero-order valence-electron chi connectivity index (χ0n) is 6.30. The highest BCUT2D eigenvalue weighted by atomic mass is 127. The van der Waals surface area contributed by atoms with E-state index in [1.807, 2.05) is 24.3 Å². The standard InChI is InChI=1S/C8H10INO/c1-11-8-5-3-2-4-7(8)10-6-9/h2-5,10H,6H2,1H3. The molecule has 0 bridgehead atoms. The summed E-state index contributed by atoms with van der Waals surface area (Å²) in [6, 6.07) is 7.88. The van der Waals surface area contributed by atoms with Crippen LogP contribution in [0.2, 0.25) is 0 Å². The highest BCUT2D eigenvalue weighted by molar-refractivity contribution is 14.1. The number of ether oxygens (including phenoxy) is 1. The van der Waals surface area contributed by atoms with Gasteiger partial charge in [-0.2, -0.15) is 0 Å². The number of rotatable bonds is 3. The Morgan fingerprint density at radius 2 is 2.18 bits per heavy atom. The molecule has 2 nitrogen and oxygen atoms in total. The quantitative estimate of drug-likeness (QED) is 0.514. The topological polar surface area (TPSA) is 21.3 Å². The third-order valence-electron chi connectivity index (χ3n) is 1.36. The maximum Gasteiger partial charge on any atom is 0.141 e. The Hall–Kier alpha value is -0.450. The first-order chi connectivity index (χ1) is 5.38. The summed E-state index contributed by atoms with van der Waals surface area (Å²) in [6.07, 6.45) is 0. The van der Waals surface area contributed by atoms with Gasteiger partial charge in [-0.15, -0.1) is 0 Å². The van der Waals surface area contributed by atoms with Crippen molar-refractivity contribution in [3.63, 3.8) is 0 Å². The summed E-state index contributed by atoms with van der Waals surface area (Å²) in [4.78, 5) is 0. The van der Waals surface area contributed by atoms with Crippen molar-refractivity contribution < 1.29 is 4.74 Å². The molecule has 0 unspecified atom stereocenters. The van der Waals surface area contributed by atoms with E-state index in [4.69, 9.17) is 4.74 Å². The van der Waals surface area contributed by atoms with Crippen LogP contribution in [0.4, 0.5) is 5.69 Å². The van der Waals surface area contributed by atoms with E-state index >= 15 is 0 Å². The maximum absolute atomic E-state index is 5.13. The van der Waals surface area contributed by atoms with Gasteiger partial charge < -0.3 is 10.1 Å². The number of nitrogens with one attached hydrogen (secondary N) is 1. The van der Waals surface area contributed by atoms with Gasteiger partial charge in [-0.05, 0) is 12.1 Å². The summed E-state index contributed by atoms with van der Waals surface area (Å²) in [5.41, 5.74) is 1.05. The number of para-hydroxylation sites is 2. The van der Waals surface area contributed by atoms with Crippen molar-refractivity contribution >= 4 is 28.3 Å². The first kappa shape index (κ1) is 8.64. The smallest absolute Gasteiger partial charge is 0.141 e. The van der Waals surface area contributed by atoms with Crippen molar-refractivity contribution in [3.8, 4) is 5.75 Å². The van der Waals surface area contributed by atoms with Crippen LogP contribution >= 0.6 is 22.6 Å². The molecule has 1 N–H and O–H groups in total. The summed E-state index contributed by atoms with van der Waals surface area (Å²) in [5, 5.41) is 3.19. The van der Waals surface area contributed by atoms with Gasteiger partial charge in [0.15, 0.2) is 0 Å². The highest BCUT2D eigenvalue weighted by Crippen LogP contribution is 2.22. The van der Waals surface area contributed by atoms with Gasteiger partial charge in [-0.3, -0.25) is 0 Å². The molecule has 11 heavy (non-hydrogen) atoms. The summed E-state index contributed by atoms with van der Waals surface area (Å²) < 4.78 is 6.02. The van der Waals surface area contributed by atoms with E-state index in [9.17, 15) is 0 Å². The Bertz CT molecular complexity index is 227. The van der Waals surface area contributed by atoms with Gasteiger partial charge in [0.2, 0.25) is 0 Å². The lowest BCUT2D eigenvalue weighted by atomic mass is 10.3. The van der Waals surface area contributed by atoms with Crippen LogP contribution in [0.5, 0.6) is 5.75 Å². The first-order valence-corrected chi connectivity index (χ1v) is 4.84. The molecule has 0 aliphatic heterocycles. The molecular weight excluding hydrogens is 253 g/mol. The second kappa shape index (κ2) is 4.43. The van der Waals surface area contributed by atoms with Gasteiger partial charge in [-0.25, -0.2) is 0 Å². The SMILES string of the molecule is COc1ccccc1NCI. The summed E-state index contributed by atoms with van der Waals surface area (Å²) in [7, 11) is 1.67. The molecule has 1 aromatic rings. The minimum atomic E-state index is 0.887. The van der Waals surface area contributed by atoms with E-state index < -0.39 is 0 Å². The van der Waals surface area contributed by atoms with Crippen molar-refractivity contribution in [2.24, 2.45) is 0 Å². The molecule has 60 valence electrons. The third kappa shape index (κ3) is 2.25. The largest absolute Gasteiger partial charge is 0.495 e. The number of methoxy groups -OCH3 is 1. The van der Waals surface area contributed by atoms with Gasteiger partial charge >= 0.3 is 0 Å². The average Bonchev–Trinajstić information content (AvgIpc) is 2.06. The van der Waals surface area contributed by atoms with Gasteiger partial charge in [-0.1, -0.05) is 34.7 Å². The van der Waals surface area contributed by atoms with Crippen LogP contribution in [0, 0.1) is 0 Å². The Balaban J connectivity index is 2.83. The highest BCUT2D eigenvalue weighted by Gasteiger charge is 1.97. The molecule has 1 rings (SSSR count). The van der Waals surface area contributed by atoms with Crippen molar-refractivity contribution in [1.82, 2.24) is 0 Å². The molecule has 0 atom stereocenters. The minimum absolute atomic E-state index is 0.887. The fraction of sp³-hybridized carbons (Fsp3) is 0.250. The van der Waals surface area contributed by atoms with Crippen molar-refractivity contribution in [2.75, 3.05) is 17.0 Å². The fourth-order valence-corrected chi connectivity index (χ4v) is 1.27. The molecule has 0 aromatic heterocycles. The predicted molar refractivity (Wildman–Crippen MR) is 55.5 cm³/mol. The molecule has 1 aromatic carbocycles. The van der Waals surface area contributed by atoms with E-state index in [-0.39, 0.29) is 0 Å². The lowest BCUT2D eigenvalue weighted by molar-refractivity contribution is 0.416. The lowest BCUT2D eigenvalue weighted by Gasteiger charge is -2.07. The zero-order chi connectivity index (χ0) is 8.10. The van der Waals surface area contributed by atoms with Gasteiger partial charge in [0.05, 0.1) is 17.3 Å². The summed E-state index contributed by atoms with van der Waals surface area (Å²) in [6.45, 7) is 0. The van der Waals surface area contributed by atoms with E-state index in [0.717, 1.165) is 16.0 Å². The zero-order valence-corrected chi connectivity index (χ0v) is 8.46. The normalized spacial score (nSPS) is 9.27. The van der Waals surface area contributed by atoms with E-state index in [0.29, 0.717) is 0 Å². The van der Waals surface area contributed by atoms with Crippen LogP contribution in [0.3, 0.4) is 0 Å². The predicted octanol–water partition coefficient (Wildman–Crippen LogP) is 2.50. The molecule has 0 radical (unpaired) electrons. The Labute approximate surface area is 80.1 Å². The molecule has 0 saturated heterocycles. The maximum atomic E-state index is 5.13. The molecule has 3 heteroatoms. The Morgan fingerprint density at radius 3 is 2.82 bits per heavy atom. The summed E-state index contributed by atoms with van der Waals surface area (Å²) in [5.74, 6) is 0.893. The molecule has 0 amide bonds. The third-order valence-corrected chi connectivity index (χ3v) is 1.75. The van der Waals surface area contributed by atoms with Crippen LogP contribution in [0.1, 0.15) is 0 Å². The van der Waals surface area contributed by atoms with E-state index in [2.05, 4.69) is 27.9 Å². The number of hydrogen-bond acceptors (Lipinski definition) is 2.